The molecule has 1 aromatic rings. The number of hydrogen-bond donors (Lipinski definition) is 1. The van der Waals surface area contributed by atoms with Gasteiger partial charge >= 0.3 is 0 Å². The van der Waals surface area contributed by atoms with Crippen LogP contribution in [-0.4, -0.2) is 12.6 Å². The fraction of sp³-hybridized carbons (Fsp3) is 0.500. The number of halogens is 5. The van der Waals surface area contributed by atoms with Crippen molar-refractivity contribution in [1.29, 1.82) is 0 Å². The third kappa shape index (κ3) is 2.97. The van der Waals surface area contributed by atoms with Gasteiger partial charge in [0.25, 0.3) is 0 Å². The highest BCUT2D eigenvalue weighted by Gasteiger charge is 2.32. The fourth-order valence-corrected chi connectivity index (χ4v) is 1.41. The predicted octanol–water partition coefficient (Wildman–Crippen LogP) is 3.13. The molecule has 0 saturated heterocycles. The third-order valence-corrected chi connectivity index (χ3v) is 2.61. The summed E-state index contributed by atoms with van der Waals surface area (Å²) in [6.07, 6.45) is -0.902. The zero-order chi connectivity index (χ0) is 15.0. The second-order valence-electron chi connectivity index (χ2n) is 5.11. The highest BCUT2D eigenvalue weighted by molar-refractivity contribution is 5.30. The van der Waals surface area contributed by atoms with E-state index in [9.17, 15) is 22.0 Å². The molecule has 0 radical (unpaired) electrons. The van der Waals surface area contributed by atoms with E-state index >= 15 is 0 Å². The van der Waals surface area contributed by atoms with E-state index in [4.69, 9.17) is 10.5 Å². The lowest BCUT2D eigenvalue weighted by molar-refractivity contribution is 0.0825. The van der Waals surface area contributed by atoms with Crippen LogP contribution in [0, 0.1) is 34.5 Å². The Morgan fingerprint density at radius 1 is 0.895 bits per heavy atom. The van der Waals surface area contributed by atoms with E-state index in [0.717, 1.165) is 0 Å². The summed E-state index contributed by atoms with van der Waals surface area (Å²) in [5, 5.41) is 0. The molecule has 0 saturated carbocycles. The van der Waals surface area contributed by atoms with E-state index in [-0.39, 0.29) is 6.54 Å². The minimum absolute atomic E-state index is 0.136. The molecule has 0 amide bonds. The van der Waals surface area contributed by atoms with E-state index < -0.39 is 46.4 Å². The number of hydrogen-bond acceptors (Lipinski definition) is 2. The zero-order valence-electron chi connectivity index (χ0n) is 10.7. The Morgan fingerprint density at radius 3 is 1.58 bits per heavy atom. The van der Waals surface area contributed by atoms with Crippen LogP contribution in [0.3, 0.4) is 0 Å². The van der Waals surface area contributed by atoms with Crippen LogP contribution in [0.2, 0.25) is 0 Å². The van der Waals surface area contributed by atoms with Crippen LogP contribution in [0.25, 0.3) is 0 Å². The van der Waals surface area contributed by atoms with Crippen molar-refractivity contribution in [3.63, 3.8) is 0 Å². The molecule has 2 nitrogen and oxygen atoms in total. The summed E-state index contributed by atoms with van der Waals surface area (Å²) in [5.41, 5.74) is 4.75. The molecule has 7 heteroatoms. The van der Waals surface area contributed by atoms with Crippen LogP contribution in [0.5, 0.6) is 5.75 Å². The van der Waals surface area contributed by atoms with Crippen LogP contribution in [-0.2, 0) is 0 Å². The average molecular weight is 283 g/mol. The van der Waals surface area contributed by atoms with Crippen molar-refractivity contribution in [2.24, 2.45) is 11.1 Å². The number of nitrogens with two attached hydrogens (primary N) is 1. The molecule has 0 aliphatic carbocycles. The van der Waals surface area contributed by atoms with Gasteiger partial charge < -0.3 is 10.5 Å². The van der Waals surface area contributed by atoms with E-state index in [1.54, 1.807) is 20.8 Å². The van der Waals surface area contributed by atoms with Gasteiger partial charge in [-0.2, -0.15) is 8.78 Å². The highest BCUT2D eigenvalue weighted by Crippen LogP contribution is 2.32. The maximum absolute atomic E-state index is 13.4. The van der Waals surface area contributed by atoms with Crippen molar-refractivity contribution in [3.8, 4) is 5.75 Å². The summed E-state index contributed by atoms with van der Waals surface area (Å²) in [6, 6.07) is 0. The van der Waals surface area contributed by atoms with E-state index in [1.807, 2.05) is 0 Å². The van der Waals surface area contributed by atoms with Crippen molar-refractivity contribution in [1.82, 2.24) is 0 Å². The van der Waals surface area contributed by atoms with Crippen LogP contribution in [0.4, 0.5) is 22.0 Å². The lowest BCUT2D eigenvalue weighted by Crippen LogP contribution is -2.39. The van der Waals surface area contributed by atoms with Gasteiger partial charge in [-0.25, -0.2) is 13.2 Å². The van der Waals surface area contributed by atoms with Gasteiger partial charge in [0.2, 0.25) is 29.1 Å². The van der Waals surface area contributed by atoms with Gasteiger partial charge in [0.15, 0.2) is 5.75 Å². The predicted molar refractivity (Wildman–Crippen MR) is 59.2 cm³/mol. The third-order valence-electron chi connectivity index (χ3n) is 2.61. The first-order valence-electron chi connectivity index (χ1n) is 5.49. The van der Waals surface area contributed by atoms with Crippen molar-refractivity contribution < 1.29 is 26.7 Å². The van der Waals surface area contributed by atoms with Crippen molar-refractivity contribution in [2.45, 2.75) is 26.9 Å². The van der Waals surface area contributed by atoms with Gasteiger partial charge in [0.1, 0.15) is 6.10 Å². The first-order valence-corrected chi connectivity index (χ1v) is 5.49. The van der Waals surface area contributed by atoms with E-state index in [1.165, 1.54) is 0 Å². The molecule has 1 unspecified atom stereocenters. The molecule has 0 aliphatic heterocycles. The molecule has 2 N–H and O–H groups in total. The average Bonchev–Trinajstić information content (AvgIpc) is 2.32. The summed E-state index contributed by atoms with van der Waals surface area (Å²) in [4.78, 5) is 0. The van der Waals surface area contributed by atoms with Crippen molar-refractivity contribution in [2.75, 3.05) is 6.54 Å². The normalized spacial score (nSPS) is 13.5. The first kappa shape index (κ1) is 15.7. The monoisotopic (exact) mass is 283 g/mol. The zero-order valence-corrected chi connectivity index (χ0v) is 10.7. The number of benzene rings is 1. The first-order chi connectivity index (χ1) is 8.61. The van der Waals surface area contributed by atoms with Crippen molar-refractivity contribution >= 4 is 0 Å². The molecule has 1 aromatic carbocycles. The maximum atomic E-state index is 13.4. The second kappa shape index (κ2) is 5.32. The molecule has 108 valence electrons. The highest BCUT2D eigenvalue weighted by atomic mass is 19.2. The van der Waals surface area contributed by atoms with Gasteiger partial charge in [0.05, 0.1) is 0 Å². The SMILES string of the molecule is CC(C)(C)C(CN)Oc1c(F)c(F)c(F)c(F)c1F. The Labute approximate surface area is 107 Å². The van der Waals surface area contributed by atoms with E-state index in [0.29, 0.717) is 0 Å². The van der Waals surface area contributed by atoms with Gasteiger partial charge in [0, 0.05) is 12.0 Å². The minimum atomic E-state index is -2.22. The summed E-state index contributed by atoms with van der Waals surface area (Å²) in [5.74, 6) is -11.6. The van der Waals surface area contributed by atoms with E-state index in [2.05, 4.69) is 0 Å². The molecular formula is C12H14F5NO. The molecule has 0 aliphatic rings. The Kier molecular flexibility index (Phi) is 4.39. The van der Waals surface area contributed by atoms with Gasteiger partial charge in [-0.15, -0.1) is 0 Å². The largest absolute Gasteiger partial charge is 0.482 e. The second-order valence-corrected chi connectivity index (χ2v) is 5.11. The lowest BCUT2D eigenvalue weighted by atomic mass is 9.89. The minimum Gasteiger partial charge on any atom is -0.482 e. The molecule has 1 atom stereocenters. The molecule has 0 fully saturated rings. The van der Waals surface area contributed by atoms with Crippen LogP contribution < -0.4 is 10.5 Å². The van der Waals surface area contributed by atoms with Gasteiger partial charge in [-0.05, 0) is 0 Å². The summed E-state index contributed by atoms with van der Waals surface area (Å²) < 4.78 is 70.5. The molecular weight excluding hydrogens is 269 g/mol. The summed E-state index contributed by atoms with van der Waals surface area (Å²) >= 11 is 0. The molecule has 0 spiro atoms. The Bertz CT molecular complexity index is 455. The van der Waals surface area contributed by atoms with Crippen molar-refractivity contribution in [3.05, 3.63) is 29.1 Å². The molecule has 1 rings (SSSR count). The fourth-order valence-electron chi connectivity index (χ4n) is 1.41. The standard InChI is InChI=1S/C12H14F5NO/c1-12(2,3)5(4-18)19-11-9(16)7(14)6(13)8(15)10(11)17/h5H,4,18H2,1-3H3. The summed E-state index contributed by atoms with van der Waals surface area (Å²) in [7, 11) is 0. The molecule has 0 heterocycles. The van der Waals surface area contributed by atoms with Crippen LogP contribution >= 0.6 is 0 Å². The topological polar surface area (TPSA) is 35.2 Å². The maximum Gasteiger partial charge on any atom is 0.207 e. The molecule has 0 aromatic heterocycles. The summed E-state index contributed by atoms with van der Waals surface area (Å²) in [6.45, 7) is 4.85. The Morgan fingerprint density at radius 2 is 1.26 bits per heavy atom. The lowest BCUT2D eigenvalue weighted by Gasteiger charge is -2.30. The quantitative estimate of drug-likeness (QED) is 0.525. The number of ether oxygens (including phenoxy) is 1. The van der Waals surface area contributed by atoms with Gasteiger partial charge in [-0.3, -0.25) is 0 Å². The molecule has 19 heavy (non-hydrogen) atoms. The molecule has 0 bridgehead atoms. The smallest absolute Gasteiger partial charge is 0.207 e. The Balaban J connectivity index is 3.29. The van der Waals surface area contributed by atoms with Crippen LogP contribution in [0.15, 0.2) is 0 Å². The Hall–Kier alpha value is -1.37. The number of rotatable bonds is 3. The van der Waals surface area contributed by atoms with Gasteiger partial charge in [-0.1, -0.05) is 20.8 Å². The van der Waals surface area contributed by atoms with Crippen LogP contribution in [0.1, 0.15) is 20.8 Å².